The minimum absolute atomic E-state index is 0.116. The standard InChI is InChI=1S/C19H13Cl4NOS/c20-14-6-5-13(9-15(14)21)26-18-4-2-1-3-11(18)10-24-12-7-16(22)19(25)17(23)8-12/h1-9,24-25H,10H2. The van der Waals surface area contributed by atoms with Gasteiger partial charge in [0.1, 0.15) is 0 Å². The first kappa shape index (κ1) is 19.5. The Bertz CT molecular complexity index is 926. The van der Waals surface area contributed by atoms with Crippen LogP contribution in [0.5, 0.6) is 5.75 Å². The van der Waals surface area contributed by atoms with Crippen molar-refractivity contribution in [1.29, 1.82) is 0 Å². The quantitative estimate of drug-likeness (QED) is 0.394. The molecule has 0 saturated carbocycles. The molecule has 0 unspecified atom stereocenters. The van der Waals surface area contributed by atoms with Crippen LogP contribution in [0.4, 0.5) is 5.69 Å². The Morgan fingerprint density at radius 1 is 0.808 bits per heavy atom. The lowest BCUT2D eigenvalue weighted by molar-refractivity contribution is 0.476. The van der Waals surface area contributed by atoms with Crippen LogP contribution in [0.25, 0.3) is 0 Å². The van der Waals surface area contributed by atoms with Gasteiger partial charge in [0.05, 0.1) is 20.1 Å². The van der Waals surface area contributed by atoms with Gasteiger partial charge in [-0.25, -0.2) is 0 Å². The molecule has 0 radical (unpaired) electrons. The minimum Gasteiger partial charge on any atom is -0.505 e. The van der Waals surface area contributed by atoms with Crippen molar-refractivity contribution in [1.82, 2.24) is 0 Å². The molecule has 0 spiro atoms. The average Bonchev–Trinajstić information content (AvgIpc) is 2.62. The predicted molar refractivity (Wildman–Crippen MR) is 112 cm³/mol. The zero-order chi connectivity index (χ0) is 18.7. The average molecular weight is 445 g/mol. The van der Waals surface area contributed by atoms with Crippen LogP contribution < -0.4 is 5.32 Å². The van der Waals surface area contributed by atoms with Crippen molar-refractivity contribution < 1.29 is 5.11 Å². The molecule has 3 aromatic carbocycles. The van der Waals surface area contributed by atoms with E-state index in [0.29, 0.717) is 16.6 Å². The molecule has 26 heavy (non-hydrogen) atoms. The Kier molecular flexibility index (Phi) is 6.49. The molecule has 0 aromatic heterocycles. The van der Waals surface area contributed by atoms with E-state index in [4.69, 9.17) is 46.4 Å². The first-order valence-corrected chi connectivity index (χ1v) is 9.89. The fraction of sp³-hybridized carbons (Fsp3) is 0.0526. The lowest BCUT2D eigenvalue weighted by atomic mass is 10.2. The van der Waals surface area contributed by atoms with E-state index >= 15 is 0 Å². The van der Waals surface area contributed by atoms with Crippen LogP contribution in [0.1, 0.15) is 5.56 Å². The number of phenolic OH excluding ortho intramolecular Hbond substituents is 1. The molecule has 0 fully saturated rings. The molecular weight excluding hydrogens is 432 g/mol. The van der Waals surface area contributed by atoms with Crippen LogP contribution in [0.15, 0.2) is 64.4 Å². The van der Waals surface area contributed by atoms with Crippen LogP contribution in [0.3, 0.4) is 0 Å². The van der Waals surface area contributed by atoms with Crippen molar-refractivity contribution in [2.75, 3.05) is 5.32 Å². The van der Waals surface area contributed by atoms with Crippen molar-refractivity contribution in [3.63, 3.8) is 0 Å². The summed E-state index contributed by atoms with van der Waals surface area (Å²) in [6.07, 6.45) is 0. The van der Waals surface area contributed by atoms with Gasteiger partial charge in [0.15, 0.2) is 5.75 Å². The second-order valence-electron chi connectivity index (χ2n) is 5.43. The second-order valence-corrected chi connectivity index (χ2v) is 8.17. The van der Waals surface area contributed by atoms with Gasteiger partial charge in [-0.15, -0.1) is 0 Å². The van der Waals surface area contributed by atoms with Crippen LogP contribution in [-0.4, -0.2) is 5.11 Å². The molecule has 0 heterocycles. The van der Waals surface area contributed by atoms with Crippen molar-refractivity contribution in [2.24, 2.45) is 0 Å². The molecule has 134 valence electrons. The summed E-state index contributed by atoms with van der Waals surface area (Å²) in [6.45, 7) is 0.571. The molecule has 7 heteroatoms. The molecule has 2 nitrogen and oxygen atoms in total. The Morgan fingerprint density at radius 2 is 1.50 bits per heavy atom. The van der Waals surface area contributed by atoms with Gasteiger partial charge in [-0.2, -0.15) is 0 Å². The third-order valence-electron chi connectivity index (χ3n) is 3.59. The highest BCUT2D eigenvalue weighted by atomic mass is 35.5. The van der Waals surface area contributed by atoms with Crippen molar-refractivity contribution >= 4 is 63.9 Å². The molecule has 0 aliphatic rings. The van der Waals surface area contributed by atoms with Gasteiger partial charge in [0, 0.05) is 22.0 Å². The van der Waals surface area contributed by atoms with E-state index in [-0.39, 0.29) is 15.8 Å². The molecule has 0 bridgehead atoms. The maximum absolute atomic E-state index is 9.65. The summed E-state index contributed by atoms with van der Waals surface area (Å²) in [6, 6.07) is 16.9. The van der Waals surface area contributed by atoms with E-state index in [1.807, 2.05) is 36.4 Å². The molecule has 0 atom stereocenters. The number of benzene rings is 3. The number of rotatable bonds is 5. The van der Waals surface area contributed by atoms with Gasteiger partial charge in [0.2, 0.25) is 0 Å². The molecule has 0 amide bonds. The summed E-state index contributed by atoms with van der Waals surface area (Å²) < 4.78 is 0. The zero-order valence-electron chi connectivity index (χ0n) is 13.3. The second kappa shape index (κ2) is 8.64. The van der Waals surface area contributed by atoms with Crippen LogP contribution in [0, 0.1) is 0 Å². The maximum atomic E-state index is 9.65. The Labute approximate surface area is 176 Å². The first-order chi connectivity index (χ1) is 12.4. The van der Waals surface area contributed by atoms with Crippen LogP contribution >= 0.6 is 58.2 Å². The Hall–Kier alpha value is -1.23. The van der Waals surface area contributed by atoms with E-state index in [2.05, 4.69) is 5.32 Å². The summed E-state index contributed by atoms with van der Waals surface area (Å²) in [4.78, 5) is 2.09. The van der Waals surface area contributed by atoms with Crippen molar-refractivity contribution in [2.45, 2.75) is 16.3 Å². The number of hydrogen-bond acceptors (Lipinski definition) is 3. The fourth-order valence-electron chi connectivity index (χ4n) is 2.28. The first-order valence-electron chi connectivity index (χ1n) is 7.56. The molecule has 0 aliphatic carbocycles. The van der Waals surface area contributed by atoms with Gasteiger partial charge in [0.25, 0.3) is 0 Å². The minimum atomic E-state index is -0.116. The van der Waals surface area contributed by atoms with E-state index in [1.165, 1.54) is 0 Å². The summed E-state index contributed by atoms with van der Waals surface area (Å²) in [5.41, 5.74) is 1.83. The summed E-state index contributed by atoms with van der Waals surface area (Å²) >= 11 is 25.6. The normalized spacial score (nSPS) is 10.8. The maximum Gasteiger partial charge on any atom is 0.152 e. The van der Waals surface area contributed by atoms with E-state index in [1.54, 1.807) is 30.0 Å². The lowest BCUT2D eigenvalue weighted by Crippen LogP contribution is -2.01. The number of nitrogens with one attached hydrogen (secondary N) is 1. The number of halogens is 4. The summed E-state index contributed by atoms with van der Waals surface area (Å²) in [7, 11) is 0. The van der Waals surface area contributed by atoms with E-state index < -0.39 is 0 Å². The van der Waals surface area contributed by atoms with Crippen molar-refractivity contribution in [3.05, 3.63) is 80.3 Å². The molecule has 3 aromatic rings. The number of anilines is 1. The van der Waals surface area contributed by atoms with Gasteiger partial charge in [-0.3, -0.25) is 0 Å². The number of hydrogen-bond donors (Lipinski definition) is 2. The topological polar surface area (TPSA) is 32.3 Å². The molecule has 0 aliphatic heterocycles. The summed E-state index contributed by atoms with van der Waals surface area (Å²) in [5, 5.41) is 14.4. The number of aromatic hydroxyl groups is 1. The van der Waals surface area contributed by atoms with Gasteiger partial charge >= 0.3 is 0 Å². The fourth-order valence-corrected chi connectivity index (χ4v) is 4.12. The smallest absolute Gasteiger partial charge is 0.152 e. The zero-order valence-corrected chi connectivity index (χ0v) is 17.1. The van der Waals surface area contributed by atoms with Gasteiger partial charge in [-0.1, -0.05) is 76.4 Å². The van der Waals surface area contributed by atoms with Gasteiger partial charge < -0.3 is 10.4 Å². The van der Waals surface area contributed by atoms with E-state index in [9.17, 15) is 5.11 Å². The summed E-state index contributed by atoms with van der Waals surface area (Å²) in [5.74, 6) is -0.116. The molecule has 2 N–H and O–H groups in total. The third kappa shape index (κ3) is 4.73. The monoisotopic (exact) mass is 443 g/mol. The Morgan fingerprint density at radius 3 is 2.19 bits per heavy atom. The SMILES string of the molecule is Oc1c(Cl)cc(NCc2ccccc2Sc2ccc(Cl)c(Cl)c2)cc1Cl. The third-order valence-corrected chi connectivity index (χ3v) is 6.01. The van der Waals surface area contributed by atoms with Crippen LogP contribution in [-0.2, 0) is 6.54 Å². The molecule has 0 saturated heterocycles. The highest BCUT2D eigenvalue weighted by molar-refractivity contribution is 7.99. The number of phenols is 1. The lowest BCUT2D eigenvalue weighted by Gasteiger charge is -2.12. The highest BCUT2D eigenvalue weighted by Crippen LogP contribution is 2.36. The van der Waals surface area contributed by atoms with Crippen LogP contribution in [0.2, 0.25) is 20.1 Å². The van der Waals surface area contributed by atoms with Gasteiger partial charge in [-0.05, 0) is 42.0 Å². The largest absolute Gasteiger partial charge is 0.505 e. The highest BCUT2D eigenvalue weighted by Gasteiger charge is 2.09. The van der Waals surface area contributed by atoms with Crippen molar-refractivity contribution in [3.8, 4) is 5.75 Å². The molecule has 3 rings (SSSR count). The Balaban J connectivity index is 1.78. The van der Waals surface area contributed by atoms with E-state index in [0.717, 1.165) is 21.0 Å². The predicted octanol–water partition coefficient (Wildman–Crippen LogP) is 7.77. The molecular formula is C19H13Cl4NOS.